The van der Waals surface area contributed by atoms with Gasteiger partial charge in [-0.05, 0) is 67.8 Å². The first-order valence-electron chi connectivity index (χ1n) is 18.7. The minimum absolute atomic E-state index is 0.404. The van der Waals surface area contributed by atoms with Gasteiger partial charge < -0.3 is 0 Å². The molecule has 1 aliphatic carbocycles. The van der Waals surface area contributed by atoms with E-state index in [2.05, 4.69) is 152 Å². The normalized spacial score (nSPS) is 12.5. The third-order valence-electron chi connectivity index (χ3n) is 10.8. The number of hydrogen-bond acceptors (Lipinski definition) is 3. The fourth-order valence-electron chi connectivity index (χ4n) is 8.26. The second-order valence-corrected chi connectivity index (χ2v) is 14.0. The van der Waals surface area contributed by atoms with Crippen LogP contribution in [0.4, 0.5) is 0 Å². The maximum absolute atomic E-state index is 4.93. The van der Waals surface area contributed by atoms with Gasteiger partial charge >= 0.3 is 0 Å². The van der Waals surface area contributed by atoms with Crippen LogP contribution in [-0.4, -0.2) is 15.0 Å². The zero-order valence-corrected chi connectivity index (χ0v) is 30.0. The minimum Gasteiger partial charge on any atom is -0.208 e. The lowest BCUT2D eigenvalue weighted by molar-refractivity contribution is 0.768. The van der Waals surface area contributed by atoms with Gasteiger partial charge in [0.25, 0.3) is 0 Å². The Morgan fingerprint density at radius 3 is 1.20 bits per heavy atom. The van der Waals surface area contributed by atoms with E-state index in [4.69, 9.17) is 15.0 Å². The van der Waals surface area contributed by atoms with Crippen molar-refractivity contribution in [3.05, 3.63) is 235 Å². The first-order valence-corrected chi connectivity index (χ1v) is 18.7. The van der Waals surface area contributed by atoms with Crippen LogP contribution in [0.1, 0.15) is 22.3 Å². The average Bonchev–Trinajstić information content (AvgIpc) is 3.58. The maximum Gasteiger partial charge on any atom is 0.164 e. The fourth-order valence-corrected chi connectivity index (χ4v) is 8.26. The highest BCUT2D eigenvalue weighted by molar-refractivity contribution is 5.89. The Hall–Kier alpha value is -7.23. The third-order valence-corrected chi connectivity index (χ3v) is 10.8. The predicted octanol–water partition coefficient (Wildman–Crippen LogP) is 12.6. The van der Waals surface area contributed by atoms with Gasteiger partial charge in [-0.25, -0.2) is 15.0 Å². The van der Waals surface area contributed by atoms with Gasteiger partial charge in [-0.2, -0.15) is 0 Å². The van der Waals surface area contributed by atoms with Crippen molar-refractivity contribution in [2.45, 2.75) is 5.41 Å². The van der Waals surface area contributed by atoms with Crippen LogP contribution < -0.4 is 0 Å². The molecule has 258 valence electrons. The first-order chi connectivity index (χ1) is 27.3. The van der Waals surface area contributed by atoms with E-state index in [1.807, 2.05) is 60.7 Å². The Balaban J connectivity index is 1.02. The molecule has 1 aromatic heterocycles. The molecule has 8 aromatic carbocycles. The lowest BCUT2D eigenvalue weighted by atomic mass is 9.67. The SMILES string of the molecule is c1ccc(-c2nc(-c3ccccc3)nc(-c3ccc(-c4cccc(-c5ccc6c(c5)-c5ccccc5C6(c5ccccc5)c5ccccc5)c4)cc3)n2)cc1. The van der Waals surface area contributed by atoms with Crippen molar-refractivity contribution in [1.82, 2.24) is 15.0 Å². The molecule has 0 unspecified atom stereocenters. The Labute approximate surface area is 321 Å². The van der Waals surface area contributed by atoms with Gasteiger partial charge in [0.15, 0.2) is 17.5 Å². The lowest BCUT2D eigenvalue weighted by Crippen LogP contribution is -2.28. The highest BCUT2D eigenvalue weighted by Crippen LogP contribution is 2.56. The zero-order valence-electron chi connectivity index (χ0n) is 30.0. The van der Waals surface area contributed by atoms with Gasteiger partial charge in [-0.15, -0.1) is 0 Å². The molecule has 0 spiro atoms. The average molecular weight is 702 g/mol. The minimum atomic E-state index is -0.404. The molecule has 0 saturated carbocycles. The van der Waals surface area contributed by atoms with Crippen LogP contribution in [0, 0.1) is 0 Å². The quantitative estimate of drug-likeness (QED) is 0.166. The summed E-state index contributed by atoms with van der Waals surface area (Å²) in [5.41, 5.74) is 14.8. The Morgan fingerprint density at radius 1 is 0.255 bits per heavy atom. The molecule has 0 N–H and O–H groups in total. The van der Waals surface area contributed by atoms with E-state index in [9.17, 15) is 0 Å². The Bertz CT molecular complexity index is 2680. The molecule has 0 amide bonds. The number of benzene rings is 8. The molecule has 0 atom stereocenters. The fraction of sp³-hybridized carbons (Fsp3) is 0.0192. The van der Waals surface area contributed by atoms with Crippen LogP contribution >= 0.6 is 0 Å². The molecule has 0 radical (unpaired) electrons. The Morgan fingerprint density at radius 2 is 0.636 bits per heavy atom. The maximum atomic E-state index is 4.93. The molecule has 3 heteroatoms. The number of hydrogen-bond donors (Lipinski definition) is 0. The van der Waals surface area contributed by atoms with Crippen LogP contribution in [-0.2, 0) is 5.41 Å². The Kier molecular flexibility index (Phi) is 8.04. The summed E-state index contributed by atoms with van der Waals surface area (Å²) >= 11 is 0. The predicted molar refractivity (Wildman–Crippen MR) is 224 cm³/mol. The monoisotopic (exact) mass is 701 g/mol. The second-order valence-electron chi connectivity index (χ2n) is 14.0. The first kappa shape index (κ1) is 32.4. The van der Waals surface area contributed by atoms with Crippen molar-refractivity contribution in [3.8, 4) is 67.5 Å². The van der Waals surface area contributed by atoms with Gasteiger partial charge in [0.05, 0.1) is 5.41 Å². The summed E-state index contributed by atoms with van der Waals surface area (Å²) in [6, 6.07) is 75.4. The molecular weight excluding hydrogens is 667 g/mol. The summed E-state index contributed by atoms with van der Waals surface area (Å²) in [6.07, 6.45) is 0. The van der Waals surface area contributed by atoms with E-state index in [-0.39, 0.29) is 0 Å². The van der Waals surface area contributed by atoms with E-state index >= 15 is 0 Å². The van der Waals surface area contributed by atoms with Crippen molar-refractivity contribution in [1.29, 1.82) is 0 Å². The molecule has 0 aliphatic heterocycles. The largest absolute Gasteiger partial charge is 0.208 e. The van der Waals surface area contributed by atoms with Crippen LogP contribution in [0.25, 0.3) is 67.5 Å². The summed E-state index contributed by atoms with van der Waals surface area (Å²) in [5.74, 6) is 1.96. The van der Waals surface area contributed by atoms with E-state index in [1.165, 1.54) is 44.5 Å². The molecule has 1 heterocycles. The number of fused-ring (bicyclic) bond motifs is 3. The summed E-state index contributed by atoms with van der Waals surface area (Å²) in [7, 11) is 0. The van der Waals surface area contributed by atoms with Crippen molar-refractivity contribution in [3.63, 3.8) is 0 Å². The van der Waals surface area contributed by atoms with Gasteiger partial charge in [-0.1, -0.05) is 200 Å². The van der Waals surface area contributed by atoms with Crippen molar-refractivity contribution in [2.75, 3.05) is 0 Å². The van der Waals surface area contributed by atoms with E-state index in [0.29, 0.717) is 17.5 Å². The van der Waals surface area contributed by atoms with E-state index in [1.54, 1.807) is 0 Å². The van der Waals surface area contributed by atoms with Crippen LogP contribution in [0.2, 0.25) is 0 Å². The molecule has 0 bridgehead atoms. The molecule has 9 aromatic rings. The van der Waals surface area contributed by atoms with Crippen LogP contribution in [0.15, 0.2) is 212 Å². The zero-order chi connectivity index (χ0) is 36.6. The van der Waals surface area contributed by atoms with E-state index < -0.39 is 5.41 Å². The summed E-state index contributed by atoms with van der Waals surface area (Å²) in [6.45, 7) is 0. The molecule has 3 nitrogen and oxygen atoms in total. The van der Waals surface area contributed by atoms with Gasteiger partial charge in [-0.3, -0.25) is 0 Å². The van der Waals surface area contributed by atoms with Crippen LogP contribution in [0.3, 0.4) is 0 Å². The standard InChI is InChI=1S/C52H35N3/c1-5-16-37(17-6-1)49-53-50(38-18-7-2-8-19-38)55-51(54-49)39-30-28-36(29-31-39)40-20-15-21-41(34-40)42-32-33-48-46(35-42)45-26-13-14-27-47(45)52(48,43-22-9-3-10-23-43)44-24-11-4-12-25-44/h1-35H. The summed E-state index contributed by atoms with van der Waals surface area (Å²) in [4.78, 5) is 14.7. The number of aromatic nitrogens is 3. The van der Waals surface area contributed by atoms with Crippen molar-refractivity contribution in [2.24, 2.45) is 0 Å². The molecular formula is C52H35N3. The number of rotatable bonds is 7. The molecule has 1 aliphatic rings. The lowest BCUT2D eigenvalue weighted by Gasteiger charge is -2.33. The van der Waals surface area contributed by atoms with Gasteiger partial charge in [0, 0.05) is 16.7 Å². The summed E-state index contributed by atoms with van der Waals surface area (Å²) < 4.78 is 0. The summed E-state index contributed by atoms with van der Waals surface area (Å²) in [5, 5.41) is 0. The highest BCUT2D eigenvalue weighted by Gasteiger charge is 2.45. The third kappa shape index (κ3) is 5.65. The molecule has 0 saturated heterocycles. The van der Waals surface area contributed by atoms with Gasteiger partial charge in [0.1, 0.15) is 0 Å². The van der Waals surface area contributed by atoms with Crippen molar-refractivity contribution < 1.29 is 0 Å². The van der Waals surface area contributed by atoms with Crippen LogP contribution in [0.5, 0.6) is 0 Å². The smallest absolute Gasteiger partial charge is 0.164 e. The topological polar surface area (TPSA) is 38.7 Å². The van der Waals surface area contributed by atoms with Crippen molar-refractivity contribution >= 4 is 0 Å². The van der Waals surface area contributed by atoms with Gasteiger partial charge in [0.2, 0.25) is 0 Å². The molecule has 55 heavy (non-hydrogen) atoms. The van der Waals surface area contributed by atoms with E-state index in [0.717, 1.165) is 27.8 Å². The molecule has 0 fully saturated rings. The second kappa shape index (κ2) is 13.6. The molecule has 10 rings (SSSR count). The number of nitrogens with zero attached hydrogens (tertiary/aromatic N) is 3. The highest BCUT2D eigenvalue weighted by atomic mass is 15.0.